The third-order valence-electron chi connectivity index (χ3n) is 9.31. The molecule has 0 amide bonds. The molecule has 0 spiro atoms. The van der Waals surface area contributed by atoms with Gasteiger partial charge in [-0.3, -0.25) is 0 Å². The zero-order valence-corrected chi connectivity index (χ0v) is 31.0. The van der Waals surface area contributed by atoms with Gasteiger partial charge in [-0.1, -0.05) is 20.8 Å². The fourth-order valence-electron chi connectivity index (χ4n) is 6.45. The first-order chi connectivity index (χ1) is 22.9. The van der Waals surface area contributed by atoms with Gasteiger partial charge < -0.3 is 0 Å². The molecule has 3 heterocycles. The maximum absolute atomic E-state index is 6.51. The quantitative estimate of drug-likeness (QED) is 0.163. The van der Waals surface area contributed by atoms with E-state index in [4.69, 9.17) is 9.72 Å². The van der Waals surface area contributed by atoms with E-state index in [-0.39, 0.29) is 10.8 Å². The second-order valence-corrected chi connectivity index (χ2v) is 15.8. The Hall–Kier alpha value is -4.21. The van der Waals surface area contributed by atoms with Crippen molar-refractivity contribution in [1.82, 2.24) is 14.1 Å². The number of anilines is 2. The summed E-state index contributed by atoms with van der Waals surface area (Å²) >= 11 is 2.43. The average molecular weight is 814 g/mol. The van der Waals surface area contributed by atoms with Crippen LogP contribution in [0, 0.1) is 15.9 Å². The van der Waals surface area contributed by atoms with Gasteiger partial charge in [0.25, 0.3) is 0 Å². The molecule has 5 nitrogen and oxygen atoms in total. The van der Waals surface area contributed by atoms with E-state index in [1.54, 1.807) is 0 Å². The molecule has 4 aromatic carbocycles. The maximum atomic E-state index is 6.51. The Bertz CT molecular complexity index is 2180. The predicted molar refractivity (Wildman–Crippen MR) is 192 cm³/mol. The molecule has 248 valence electrons. The van der Waals surface area contributed by atoms with Gasteiger partial charge in [-0.15, -0.1) is 0 Å². The van der Waals surface area contributed by atoms with Crippen LogP contribution >= 0.6 is 0 Å². The number of rotatable bonds is 5. The minimum absolute atomic E-state index is 0.0399. The monoisotopic (exact) mass is 813 g/mol. The van der Waals surface area contributed by atoms with Gasteiger partial charge in [-0.2, -0.15) is 0 Å². The number of imidazole rings is 1. The topological polar surface area (TPSA) is 35.2 Å². The van der Waals surface area contributed by atoms with Gasteiger partial charge in [0.1, 0.15) is 0 Å². The molecule has 0 radical (unpaired) electrons. The Morgan fingerprint density at radius 3 is 2.15 bits per heavy atom. The van der Waals surface area contributed by atoms with Crippen molar-refractivity contribution in [2.75, 3.05) is 11.4 Å². The van der Waals surface area contributed by atoms with Crippen molar-refractivity contribution >= 4 is 22.5 Å². The Labute approximate surface area is 295 Å². The summed E-state index contributed by atoms with van der Waals surface area (Å²) in [6, 6.07) is 39.2. The summed E-state index contributed by atoms with van der Waals surface area (Å²) in [6.07, 6.45) is 2.98. The fraction of sp³-hybridized carbons (Fsp3) is 0.286. The molecular weight excluding hydrogens is 772 g/mol. The summed E-state index contributed by atoms with van der Waals surface area (Å²) in [4.78, 5) is 7.08. The van der Waals surface area contributed by atoms with Crippen LogP contribution in [0.15, 0.2) is 97.2 Å². The Morgan fingerprint density at radius 2 is 1.44 bits per heavy atom. The summed E-state index contributed by atoms with van der Waals surface area (Å²) in [5.74, 6) is 2.69. The first-order valence-corrected chi connectivity index (χ1v) is 17.8. The number of nitrogens with zero attached hydrogens (tertiary/aromatic N) is 4. The molecule has 0 aliphatic carbocycles. The van der Waals surface area contributed by atoms with Crippen LogP contribution in [-0.2, 0) is 30.2 Å². The van der Waals surface area contributed by atoms with Crippen LogP contribution in [0.25, 0.3) is 22.4 Å². The van der Waals surface area contributed by atoms with Crippen molar-refractivity contribution in [2.24, 2.45) is 0 Å². The molecule has 0 saturated carbocycles. The van der Waals surface area contributed by atoms with Gasteiger partial charge in [0.05, 0.1) is 0 Å². The summed E-state index contributed by atoms with van der Waals surface area (Å²) < 4.78 is 12.1. The van der Waals surface area contributed by atoms with Crippen LogP contribution in [0.5, 0.6) is 11.5 Å². The molecule has 48 heavy (non-hydrogen) atoms. The number of pyridine rings is 1. The van der Waals surface area contributed by atoms with Crippen LogP contribution in [0.2, 0.25) is 0 Å². The zero-order valence-electron chi connectivity index (χ0n) is 28.7. The molecule has 2 aromatic heterocycles. The molecule has 0 saturated heterocycles. The van der Waals surface area contributed by atoms with Crippen molar-refractivity contribution < 1.29 is 24.1 Å². The van der Waals surface area contributed by atoms with E-state index < -0.39 is 0 Å². The molecule has 1 atom stereocenters. The van der Waals surface area contributed by atoms with Crippen molar-refractivity contribution in [3.8, 4) is 22.9 Å². The van der Waals surface area contributed by atoms with Gasteiger partial charge in [0.2, 0.25) is 0 Å². The first kappa shape index (κ1) is 32.3. The molecule has 1 aliphatic heterocycles. The van der Waals surface area contributed by atoms with Crippen LogP contribution in [0.3, 0.4) is 0 Å². The van der Waals surface area contributed by atoms with Crippen molar-refractivity contribution in [3.05, 3.63) is 130 Å². The van der Waals surface area contributed by atoms with E-state index in [2.05, 4.69) is 167 Å². The van der Waals surface area contributed by atoms with E-state index in [1.165, 1.54) is 16.7 Å². The van der Waals surface area contributed by atoms with Gasteiger partial charge in [-0.05, 0) is 17.0 Å². The van der Waals surface area contributed by atoms with Crippen molar-refractivity contribution in [1.29, 1.82) is 0 Å². The van der Waals surface area contributed by atoms with Gasteiger partial charge in [0.15, 0.2) is 0 Å². The van der Waals surface area contributed by atoms with Crippen LogP contribution in [-0.4, -0.2) is 20.7 Å². The molecule has 1 aliphatic rings. The van der Waals surface area contributed by atoms with Crippen LogP contribution in [0.4, 0.5) is 11.5 Å². The molecular formula is C42H42N4OPt-2. The normalized spacial score (nSPS) is 15.1. The van der Waals surface area contributed by atoms with Gasteiger partial charge >= 0.3 is 253 Å². The number of aromatic nitrogens is 3. The number of ether oxygens (including phenoxy) is 1. The van der Waals surface area contributed by atoms with E-state index in [9.17, 15) is 0 Å². The van der Waals surface area contributed by atoms with E-state index in [0.717, 1.165) is 50.7 Å². The Balaban J connectivity index is 1.24. The zero-order chi connectivity index (χ0) is 33.8. The summed E-state index contributed by atoms with van der Waals surface area (Å²) in [7, 11) is 0. The van der Waals surface area contributed by atoms with Crippen LogP contribution < -0.4 is 9.64 Å². The SMILES string of the molecule is CC1CCN(c2cc(C(C)(C)C)ccn2)c2[c-]c(Oc3[c-]c(-n4[c](=[Pt])n(-c5ccc(C(C)(C)C)cc5)c5ccccc54)ccc3)ccc21. The number of para-hydroxylation sites is 2. The van der Waals surface area contributed by atoms with E-state index >= 15 is 0 Å². The minimum atomic E-state index is 0.0399. The summed E-state index contributed by atoms with van der Waals surface area (Å²) in [5, 5.41) is 0. The third-order valence-corrected chi connectivity index (χ3v) is 10.3. The van der Waals surface area contributed by atoms with Gasteiger partial charge in [0, 0.05) is 6.20 Å². The Morgan fingerprint density at radius 1 is 0.750 bits per heavy atom. The van der Waals surface area contributed by atoms with Crippen LogP contribution in [0.1, 0.15) is 77.5 Å². The third kappa shape index (κ3) is 6.10. The second-order valence-electron chi connectivity index (χ2n) is 14.8. The van der Waals surface area contributed by atoms with Crippen molar-refractivity contribution in [2.45, 2.75) is 71.6 Å². The molecule has 0 N–H and O–H groups in total. The van der Waals surface area contributed by atoms with E-state index in [1.807, 2.05) is 24.4 Å². The number of hydrogen-bond donors (Lipinski definition) is 0. The molecule has 0 bridgehead atoms. The predicted octanol–water partition coefficient (Wildman–Crippen LogP) is 10.5. The fourth-order valence-corrected chi connectivity index (χ4v) is 7.56. The number of benzene rings is 4. The molecule has 1 unspecified atom stereocenters. The Kier molecular flexibility index (Phi) is 8.32. The van der Waals surface area contributed by atoms with Gasteiger partial charge in [-0.25, -0.2) is 0 Å². The number of hydrogen-bond acceptors (Lipinski definition) is 3. The molecule has 6 heteroatoms. The standard InChI is InChI=1S/C42H42N4O.Pt/c1-29-22-24-44(40-25-31(21-23-43-40)42(5,6)7)39-27-35(19-20-36(29)39)47-34-12-10-11-33(26-34)46-28-45(37-13-8-9-14-38(37)46)32-17-15-30(16-18-32)41(2,3)4;/h8-21,23,25,29H,22,24H2,1-7H3;/q-2;. The average Bonchev–Trinajstić information content (AvgIpc) is 3.36. The molecule has 0 fully saturated rings. The summed E-state index contributed by atoms with van der Waals surface area (Å²) in [5.41, 5.74) is 9.29. The van der Waals surface area contributed by atoms with Crippen molar-refractivity contribution in [3.63, 3.8) is 0 Å². The summed E-state index contributed by atoms with van der Waals surface area (Å²) in [6.45, 7) is 16.6. The molecule has 7 rings (SSSR count). The number of fused-ring (bicyclic) bond motifs is 2. The second kappa shape index (κ2) is 12.3. The molecule has 6 aromatic rings. The first-order valence-electron chi connectivity index (χ1n) is 16.7. The van der Waals surface area contributed by atoms with E-state index in [0.29, 0.717) is 17.4 Å².